The zero-order valence-corrected chi connectivity index (χ0v) is 59.9. The van der Waals surface area contributed by atoms with Crippen molar-refractivity contribution in [1.82, 2.24) is 5.32 Å². The van der Waals surface area contributed by atoms with Gasteiger partial charge in [-0.25, -0.2) is 0 Å². The van der Waals surface area contributed by atoms with Crippen LogP contribution in [0.4, 0.5) is 0 Å². The Morgan fingerprint density at radius 2 is 0.663 bits per heavy atom. The number of hydrogen-bond donors (Lipinski definition) is 12. The Hall–Kier alpha value is -1.47. The average Bonchev–Trinajstić information content (AvgIpc) is 0.787. The maximum atomic E-state index is 13.4. The van der Waals surface area contributed by atoms with Crippen molar-refractivity contribution in [3.8, 4) is 0 Å². The molecule has 0 aromatic carbocycles. The summed E-state index contributed by atoms with van der Waals surface area (Å²) >= 11 is 0. The molecule has 17 atom stereocenters. The molecule has 19 nitrogen and oxygen atoms in total. The van der Waals surface area contributed by atoms with Gasteiger partial charge in [-0.1, -0.05) is 302 Å². The van der Waals surface area contributed by atoms with Crippen molar-refractivity contribution < 1.29 is 89.4 Å². The fraction of sp³-hybridized carbons (Fsp3) is 0.961. The number of unbranched alkanes of at least 4 members (excludes halogenated alkanes) is 45. The van der Waals surface area contributed by atoms with E-state index in [0.717, 1.165) is 44.9 Å². The van der Waals surface area contributed by atoms with Crippen LogP contribution in [0.1, 0.15) is 335 Å². The molecule has 562 valence electrons. The van der Waals surface area contributed by atoms with Crippen LogP contribution in [0.2, 0.25) is 0 Å². The lowest BCUT2D eigenvalue weighted by Crippen LogP contribution is -2.66. The van der Waals surface area contributed by atoms with Crippen molar-refractivity contribution in [2.75, 3.05) is 26.4 Å². The van der Waals surface area contributed by atoms with E-state index in [9.17, 15) is 61.0 Å². The zero-order valence-electron chi connectivity index (χ0n) is 59.9. The van der Waals surface area contributed by atoms with Crippen molar-refractivity contribution in [1.29, 1.82) is 0 Å². The minimum absolute atomic E-state index is 0.237. The summed E-state index contributed by atoms with van der Waals surface area (Å²) in [6.45, 7) is 1.82. The van der Waals surface area contributed by atoms with E-state index in [4.69, 9.17) is 28.4 Å². The quantitative estimate of drug-likeness (QED) is 0.0199. The number of rotatable bonds is 63. The third-order valence-corrected chi connectivity index (χ3v) is 20.1. The van der Waals surface area contributed by atoms with Crippen LogP contribution in [0.3, 0.4) is 0 Å². The summed E-state index contributed by atoms with van der Waals surface area (Å²) in [5.41, 5.74) is 0. The van der Waals surface area contributed by atoms with Crippen molar-refractivity contribution in [2.24, 2.45) is 0 Å². The number of ether oxygens (including phenoxy) is 6. The predicted octanol–water partition coefficient (Wildman–Crippen LogP) is 12.4. The molecule has 3 fully saturated rings. The van der Waals surface area contributed by atoms with Crippen LogP contribution in [0.15, 0.2) is 12.2 Å². The number of carbonyl (C=O) groups excluding carboxylic acids is 1. The highest BCUT2D eigenvalue weighted by Crippen LogP contribution is 2.33. The van der Waals surface area contributed by atoms with E-state index in [1.54, 1.807) is 0 Å². The van der Waals surface area contributed by atoms with E-state index in [1.807, 2.05) is 0 Å². The second-order valence-corrected chi connectivity index (χ2v) is 28.5. The molecule has 0 spiro atoms. The van der Waals surface area contributed by atoms with E-state index in [0.29, 0.717) is 12.8 Å². The van der Waals surface area contributed by atoms with Gasteiger partial charge in [-0.05, 0) is 38.5 Å². The summed E-state index contributed by atoms with van der Waals surface area (Å²) in [6, 6.07) is -0.882. The first-order valence-corrected chi connectivity index (χ1v) is 39.4. The summed E-state index contributed by atoms with van der Waals surface area (Å²) in [5, 5.41) is 121. The fourth-order valence-electron chi connectivity index (χ4n) is 13.7. The minimum Gasteiger partial charge on any atom is -0.394 e. The van der Waals surface area contributed by atoms with E-state index in [-0.39, 0.29) is 18.9 Å². The second-order valence-electron chi connectivity index (χ2n) is 28.5. The van der Waals surface area contributed by atoms with Crippen LogP contribution in [0, 0.1) is 0 Å². The molecule has 12 N–H and O–H groups in total. The number of allylic oxidation sites excluding steroid dienone is 2. The lowest BCUT2D eigenvalue weighted by atomic mass is 9.96. The Labute approximate surface area is 576 Å². The van der Waals surface area contributed by atoms with Gasteiger partial charge in [0.1, 0.15) is 73.2 Å². The molecule has 1 amide bonds. The van der Waals surface area contributed by atoms with Gasteiger partial charge >= 0.3 is 0 Å². The van der Waals surface area contributed by atoms with Gasteiger partial charge in [0.2, 0.25) is 5.91 Å². The van der Waals surface area contributed by atoms with Crippen molar-refractivity contribution >= 4 is 5.91 Å². The summed E-state index contributed by atoms with van der Waals surface area (Å²) in [7, 11) is 0. The standard InChI is InChI=1S/C76H145NO18/c1-3-5-7-9-11-13-15-16-17-18-19-20-21-22-23-24-25-26-27-28-29-30-31-32-33-34-35-36-37-38-39-40-41-42-44-46-48-50-52-54-64(82)77-59(60(81)53-51-49-47-45-43-14-12-10-8-6-4-2)58-90-74-70(88)67(85)72(62(56-79)92-74)95-76-71(89)68(86)73(63(57-80)93-76)94-75-69(87)66(84)65(83)61(55-78)91-75/h18-19,59-63,65-76,78-81,83-89H,3-17,20-58H2,1-2H3,(H,77,82)/b19-18-. The normalized spacial score (nSPS) is 27.2. The smallest absolute Gasteiger partial charge is 0.220 e. The first-order chi connectivity index (χ1) is 46.3. The second kappa shape index (κ2) is 58.1. The van der Waals surface area contributed by atoms with Crippen LogP contribution in [0.25, 0.3) is 0 Å². The molecule has 3 saturated heterocycles. The number of aliphatic hydroxyl groups excluding tert-OH is 11. The zero-order chi connectivity index (χ0) is 68.9. The molecule has 3 rings (SSSR count). The number of carbonyl (C=O) groups is 1. The third-order valence-electron chi connectivity index (χ3n) is 20.1. The van der Waals surface area contributed by atoms with E-state index in [1.165, 1.54) is 257 Å². The molecular formula is C76H145NO18. The molecule has 19 heteroatoms. The van der Waals surface area contributed by atoms with E-state index < -0.39 is 124 Å². The molecule has 0 aromatic rings. The van der Waals surface area contributed by atoms with Gasteiger partial charge < -0.3 is 89.9 Å². The number of hydrogen-bond acceptors (Lipinski definition) is 18. The molecule has 17 unspecified atom stereocenters. The Morgan fingerprint density at radius 3 is 1.02 bits per heavy atom. The van der Waals surface area contributed by atoms with Gasteiger partial charge in [-0.3, -0.25) is 4.79 Å². The monoisotopic (exact) mass is 1360 g/mol. The highest BCUT2D eigenvalue weighted by atomic mass is 16.8. The maximum Gasteiger partial charge on any atom is 0.220 e. The largest absolute Gasteiger partial charge is 0.394 e. The molecule has 0 radical (unpaired) electrons. The Bertz CT molecular complexity index is 1770. The van der Waals surface area contributed by atoms with Crippen LogP contribution in [0.5, 0.6) is 0 Å². The number of amides is 1. The molecule has 0 saturated carbocycles. The number of aliphatic hydroxyl groups is 11. The summed E-state index contributed by atoms with van der Waals surface area (Å²) < 4.78 is 34.4. The molecule has 3 aliphatic rings. The van der Waals surface area contributed by atoms with Gasteiger partial charge in [0.05, 0.1) is 38.6 Å². The summed E-state index contributed by atoms with van der Waals surface area (Å²) in [4.78, 5) is 13.4. The maximum absolute atomic E-state index is 13.4. The van der Waals surface area contributed by atoms with E-state index >= 15 is 0 Å². The fourth-order valence-corrected chi connectivity index (χ4v) is 13.7. The molecule has 3 heterocycles. The number of nitrogens with one attached hydrogen (secondary N) is 1. The van der Waals surface area contributed by atoms with Gasteiger partial charge in [0.25, 0.3) is 0 Å². The topological polar surface area (TPSA) is 307 Å². The molecule has 3 aliphatic heterocycles. The lowest BCUT2D eigenvalue weighted by molar-refractivity contribution is -0.379. The Morgan fingerprint density at radius 1 is 0.368 bits per heavy atom. The predicted molar refractivity (Wildman–Crippen MR) is 374 cm³/mol. The van der Waals surface area contributed by atoms with Crippen molar-refractivity contribution in [3.63, 3.8) is 0 Å². The highest BCUT2D eigenvalue weighted by Gasteiger charge is 2.54. The highest BCUT2D eigenvalue weighted by molar-refractivity contribution is 5.76. The Kier molecular flexibility index (Phi) is 53.6. The molecule has 0 bridgehead atoms. The SMILES string of the molecule is CCCCCCCCCC/C=C\CCCCCCCCCCCCCCCCCCCCCCCCCCCCCC(=O)NC(COC1OC(CO)C(OC2OC(CO)C(OC3OC(CO)C(O)C(O)C3O)C(O)C2O)C(O)C1O)C(O)CCCCCCCCCCCCC. The van der Waals surface area contributed by atoms with Crippen LogP contribution in [-0.2, 0) is 33.2 Å². The van der Waals surface area contributed by atoms with E-state index in [2.05, 4.69) is 31.3 Å². The van der Waals surface area contributed by atoms with Crippen LogP contribution in [-0.4, -0.2) is 193 Å². The average molecular weight is 1360 g/mol. The van der Waals surface area contributed by atoms with Gasteiger partial charge in [0.15, 0.2) is 18.9 Å². The van der Waals surface area contributed by atoms with Crippen molar-refractivity contribution in [2.45, 2.75) is 439 Å². The molecule has 95 heavy (non-hydrogen) atoms. The molecular weight excluding hydrogens is 1210 g/mol. The van der Waals surface area contributed by atoms with Crippen LogP contribution < -0.4 is 5.32 Å². The van der Waals surface area contributed by atoms with Crippen molar-refractivity contribution in [3.05, 3.63) is 12.2 Å². The van der Waals surface area contributed by atoms with Crippen LogP contribution >= 0.6 is 0 Å². The lowest BCUT2D eigenvalue weighted by Gasteiger charge is -2.48. The van der Waals surface area contributed by atoms with Gasteiger partial charge in [0, 0.05) is 6.42 Å². The molecule has 0 aliphatic carbocycles. The van der Waals surface area contributed by atoms with Gasteiger partial charge in [-0.15, -0.1) is 0 Å². The first kappa shape index (κ1) is 87.7. The minimum atomic E-state index is -1.97. The summed E-state index contributed by atoms with van der Waals surface area (Å²) in [6.07, 6.45) is 40.7. The van der Waals surface area contributed by atoms with Gasteiger partial charge in [-0.2, -0.15) is 0 Å². The third kappa shape index (κ3) is 39.0. The Balaban J connectivity index is 1.25. The summed E-state index contributed by atoms with van der Waals surface area (Å²) in [5.74, 6) is -0.237. The molecule has 0 aromatic heterocycles. The first-order valence-electron chi connectivity index (χ1n) is 39.4.